The molecule has 0 aromatic carbocycles. The number of nitrogens with zero attached hydrogens (tertiary/aromatic N) is 1. The number of aliphatic carboxylic acids is 1. The lowest BCUT2D eigenvalue weighted by Crippen LogP contribution is -2.50. The number of esters is 2. The van der Waals surface area contributed by atoms with E-state index in [1.165, 1.54) is 51.4 Å². The van der Waals surface area contributed by atoms with Crippen molar-refractivity contribution in [2.24, 2.45) is 0 Å². The third-order valence-corrected chi connectivity index (χ3v) is 10.6. The fourth-order valence-electron chi connectivity index (χ4n) is 6.76. The van der Waals surface area contributed by atoms with E-state index in [0.29, 0.717) is 19.3 Å². The van der Waals surface area contributed by atoms with Gasteiger partial charge in [-0.1, -0.05) is 170 Å². The molecule has 0 aromatic heterocycles. The molecule has 0 aliphatic rings. The molecule has 2 unspecified atom stereocenters. The van der Waals surface area contributed by atoms with Crippen molar-refractivity contribution in [3.8, 4) is 0 Å². The third-order valence-electron chi connectivity index (χ3n) is 10.6. The highest BCUT2D eigenvalue weighted by atomic mass is 16.6. The number of allylic oxidation sites excluding steroid dienone is 14. The van der Waals surface area contributed by atoms with Crippen LogP contribution in [0.3, 0.4) is 0 Å². The largest absolute Gasteiger partial charge is 0.477 e. The Morgan fingerprint density at radius 3 is 1.44 bits per heavy atom. The van der Waals surface area contributed by atoms with Gasteiger partial charge in [0.05, 0.1) is 34.4 Å². The number of hydrogen-bond acceptors (Lipinski definition) is 6. The molecule has 354 valence electrons. The molecule has 0 aliphatic carbocycles. The van der Waals surface area contributed by atoms with Gasteiger partial charge in [-0.2, -0.15) is 0 Å². The molecule has 0 saturated heterocycles. The monoisotopic (exact) mass is 867 g/mol. The Morgan fingerprint density at radius 1 is 0.516 bits per heavy atom. The molecular formula is C54H92NO7+. The highest BCUT2D eigenvalue weighted by Crippen LogP contribution is 2.13. The highest BCUT2D eigenvalue weighted by molar-refractivity contribution is 5.72. The van der Waals surface area contributed by atoms with Crippen LogP contribution in [-0.2, 0) is 28.6 Å². The third kappa shape index (κ3) is 41.8. The fraction of sp³-hybridized carbons (Fsp3) is 0.685. The van der Waals surface area contributed by atoms with Crippen LogP contribution in [0, 0.1) is 0 Å². The second-order valence-corrected chi connectivity index (χ2v) is 17.4. The maximum Gasteiger partial charge on any atom is 0.362 e. The molecule has 0 aliphatic heterocycles. The molecular weight excluding hydrogens is 775 g/mol. The van der Waals surface area contributed by atoms with E-state index in [4.69, 9.17) is 14.2 Å². The lowest BCUT2D eigenvalue weighted by Gasteiger charge is -2.31. The first-order valence-electron chi connectivity index (χ1n) is 24.6. The van der Waals surface area contributed by atoms with Crippen molar-refractivity contribution in [1.82, 2.24) is 0 Å². The molecule has 8 heteroatoms. The van der Waals surface area contributed by atoms with Gasteiger partial charge < -0.3 is 23.8 Å². The lowest BCUT2D eigenvalue weighted by molar-refractivity contribution is -0.887. The Bertz CT molecular complexity index is 1290. The fourth-order valence-corrected chi connectivity index (χ4v) is 6.76. The summed E-state index contributed by atoms with van der Waals surface area (Å²) in [5.41, 5.74) is 0. The molecule has 0 aromatic rings. The molecule has 0 amide bonds. The van der Waals surface area contributed by atoms with Crippen molar-refractivity contribution in [2.75, 3.05) is 41.0 Å². The number of hydrogen-bond donors (Lipinski definition) is 1. The van der Waals surface area contributed by atoms with Gasteiger partial charge in [0.15, 0.2) is 12.1 Å². The van der Waals surface area contributed by atoms with E-state index in [9.17, 15) is 19.5 Å². The van der Waals surface area contributed by atoms with Gasteiger partial charge in [-0.15, -0.1) is 0 Å². The van der Waals surface area contributed by atoms with Gasteiger partial charge in [0.25, 0.3) is 0 Å². The predicted octanol–water partition coefficient (Wildman–Crippen LogP) is 14.1. The summed E-state index contributed by atoms with van der Waals surface area (Å²) in [6, 6.07) is -0.627. The molecule has 2 atom stereocenters. The zero-order valence-corrected chi connectivity index (χ0v) is 40.3. The first-order valence-corrected chi connectivity index (χ1v) is 24.6. The van der Waals surface area contributed by atoms with Crippen LogP contribution in [-0.4, -0.2) is 80.6 Å². The molecule has 1 N–H and O–H groups in total. The van der Waals surface area contributed by atoms with E-state index in [1.807, 2.05) is 21.1 Å². The van der Waals surface area contributed by atoms with Crippen LogP contribution in [0.25, 0.3) is 0 Å². The molecule has 0 bridgehead atoms. The minimum absolute atomic E-state index is 0.0409. The zero-order valence-electron chi connectivity index (χ0n) is 40.3. The topological polar surface area (TPSA) is 99.1 Å². The number of likely N-dealkylation sites (N-methyl/N-ethyl adjacent to an activating group) is 1. The van der Waals surface area contributed by atoms with E-state index in [2.05, 4.69) is 98.9 Å². The minimum atomic E-state index is -0.885. The van der Waals surface area contributed by atoms with Crippen LogP contribution in [0.5, 0.6) is 0 Å². The molecule has 0 heterocycles. The van der Waals surface area contributed by atoms with Crippen LogP contribution in [0.15, 0.2) is 85.1 Å². The Morgan fingerprint density at radius 2 is 0.952 bits per heavy atom. The van der Waals surface area contributed by atoms with E-state index in [0.717, 1.165) is 103 Å². The molecule has 0 fully saturated rings. The number of ether oxygens (including phenoxy) is 3. The summed E-state index contributed by atoms with van der Waals surface area (Å²) in [5, 5.41) is 9.64. The number of carboxylic acid groups (broad SMARTS) is 1. The van der Waals surface area contributed by atoms with E-state index >= 15 is 0 Å². The van der Waals surface area contributed by atoms with Gasteiger partial charge in [0.2, 0.25) is 0 Å². The van der Waals surface area contributed by atoms with Crippen LogP contribution in [0.4, 0.5) is 0 Å². The van der Waals surface area contributed by atoms with Gasteiger partial charge in [-0.25, -0.2) is 4.79 Å². The normalized spacial score (nSPS) is 13.6. The number of carboxylic acids is 1. The van der Waals surface area contributed by atoms with Gasteiger partial charge in [-0.3, -0.25) is 9.59 Å². The van der Waals surface area contributed by atoms with Crippen molar-refractivity contribution in [3.63, 3.8) is 0 Å². The minimum Gasteiger partial charge on any atom is -0.477 e. The molecule has 8 nitrogen and oxygen atoms in total. The quantitative estimate of drug-likeness (QED) is 0.0214. The van der Waals surface area contributed by atoms with Gasteiger partial charge in [0, 0.05) is 19.3 Å². The summed E-state index contributed by atoms with van der Waals surface area (Å²) >= 11 is 0. The van der Waals surface area contributed by atoms with Gasteiger partial charge in [-0.05, 0) is 83.5 Å². The average molecular weight is 867 g/mol. The number of carbonyl (C=O) groups is 3. The van der Waals surface area contributed by atoms with Gasteiger partial charge >= 0.3 is 17.9 Å². The summed E-state index contributed by atoms with van der Waals surface area (Å²) in [6.07, 6.45) is 57.7. The van der Waals surface area contributed by atoms with E-state index in [-0.39, 0.29) is 36.2 Å². The van der Waals surface area contributed by atoms with Crippen molar-refractivity contribution in [1.29, 1.82) is 0 Å². The Labute approximate surface area is 380 Å². The first-order chi connectivity index (χ1) is 30.1. The predicted molar refractivity (Wildman–Crippen MR) is 261 cm³/mol. The molecule has 0 saturated carbocycles. The Hall–Kier alpha value is -3.49. The summed E-state index contributed by atoms with van der Waals surface area (Å²) in [6.45, 7) is 4.57. The van der Waals surface area contributed by atoms with E-state index < -0.39 is 18.1 Å². The van der Waals surface area contributed by atoms with Crippen LogP contribution < -0.4 is 0 Å². The number of carbonyl (C=O) groups excluding carboxylic acids is 2. The molecule has 0 spiro atoms. The van der Waals surface area contributed by atoms with Crippen molar-refractivity contribution in [2.45, 2.75) is 199 Å². The number of rotatable bonds is 43. The SMILES string of the molecule is CC/C=C/C/C=C/C/C=C/C/C=C/C/C=C/CCCCCCC(=O)OC(COCCC(C(=O)O)[N+](C)(C)C)COC(=O)CCCCCCC/C=C/C=C/CCCCCCCCC. The summed E-state index contributed by atoms with van der Waals surface area (Å²) < 4.78 is 17.3. The maximum absolute atomic E-state index is 12.8. The molecule has 62 heavy (non-hydrogen) atoms. The van der Waals surface area contributed by atoms with E-state index in [1.54, 1.807) is 0 Å². The smallest absolute Gasteiger partial charge is 0.362 e. The van der Waals surface area contributed by atoms with Crippen molar-refractivity contribution < 1.29 is 38.2 Å². The Kier molecular flexibility index (Phi) is 41.6. The number of quaternary nitrogens is 1. The van der Waals surface area contributed by atoms with Crippen LogP contribution in [0.2, 0.25) is 0 Å². The van der Waals surface area contributed by atoms with Crippen molar-refractivity contribution >= 4 is 17.9 Å². The second kappa shape index (κ2) is 44.1. The Balaban J connectivity index is 4.38. The zero-order chi connectivity index (χ0) is 45.6. The molecule has 0 radical (unpaired) electrons. The lowest BCUT2D eigenvalue weighted by atomic mass is 10.1. The van der Waals surface area contributed by atoms with Crippen LogP contribution in [0.1, 0.15) is 187 Å². The second-order valence-electron chi connectivity index (χ2n) is 17.4. The summed E-state index contributed by atoms with van der Waals surface area (Å²) in [5.74, 6) is -1.53. The molecule has 0 rings (SSSR count). The summed E-state index contributed by atoms with van der Waals surface area (Å²) in [4.78, 5) is 37.1. The maximum atomic E-state index is 12.8. The van der Waals surface area contributed by atoms with Crippen LogP contribution >= 0.6 is 0 Å². The van der Waals surface area contributed by atoms with Crippen molar-refractivity contribution in [3.05, 3.63) is 85.1 Å². The van der Waals surface area contributed by atoms with Gasteiger partial charge in [0.1, 0.15) is 6.61 Å². The summed E-state index contributed by atoms with van der Waals surface area (Å²) in [7, 11) is 5.51. The number of unbranched alkanes of at least 4 members (excludes halogenated alkanes) is 16. The average Bonchev–Trinajstić information content (AvgIpc) is 3.23. The standard InChI is InChI=1S/C54H91NO7/c1-6-8-10-12-14-16-18-20-22-24-26-27-29-31-33-35-37-39-41-43-45-53(57)62-50(48-60-47-46-51(54(58)59)55(3,4)5)49-61-52(56)44-42-40-38-36-34-32-30-28-25-23-21-19-17-15-13-11-9-7-2/h8,10,14,16,20,22-23,25-28,30-31,33,50-51H,6-7,9,11-13,15,17-19,21,24,29,32,34-49H2,1-5H3/p+1/b10-8+,16-14+,22-20+,25-23+,27-26+,30-28+,33-31+. The first kappa shape index (κ1) is 58.5. The highest BCUT2D eigenvalue weighted by Gasteiger charge is 2.31.